The molecule has 3 nitrogen and oxygen atoms in total. The predicted octanol–water partition coefficient (Wildman–Crippen LogP) is 7.34. The summed E-state index contributed by atoms with van der Waals surface area (Å²) in [6, 6.07) is 0. The summed E-state index contributed by atoms with van der Waals surface area (Å²) in [6.07, 6.45) is 9.31. The summed E-state index contributed by atoms with van der Waals surface area (Å²) >= 11 is 0. The summed E-state index contributed by atoms with van der Waals surface area (Å²) in [5.74, 6) is 2.12. The molecule has 0 radical (unpaired) electrons. The van der Waals surface area contributed by atoms with E-state index in [-0.39, 0.29) is 33.7 Å². The van der Waals surface area contributed by atoms with E-state index in [1.807, 2.05) is 0 Å². The van der Waals surface area contributed by atoms with Crippen LogP contribution in [-0.2, 0) is 4.79 Å². The monoisotopic (exact) mass is 470 g/mol. The molecule has 5 fully saturated rings. The Hall–Kier alpha value is -0.830. The molecule has 0 aromatic heterocycles. The summed E-state index contributed by atoms with van der Waals surface area (Å²) in [5.41, 5.74) is 1.23. The van der Waals surface area contributed by atoms with Crippen LogP contribution in [0.5, 0.6) is 0 Å². The number of fused-ring (bicyclic) bond motifs is 7. The second kappa shape index (κ2) is 7.36. The van der Waals surface area contributed by atoms with Gasteiger partial charge in [-0.3, -0.25) is 4.79 Å². The van der Waals surface area contributed by atoms with Crippen LogP contribution in [0.4, 0.5) is 0 Å². The molecule has 5 rings (SSSR count). The van der Waals surface area contributed by atoms with E-state index in [4.69, 9.17) is 0 Å². The van der Waals surface area contributed by atoms with Crippen molar-refractivity contribution >= 4 is 5.97 Å². The molecule has 0 aromatic carbocycles. The second-order valence-corrected chi connectivity index (χ2v) is 15.0. The zero-order chi connectivity index (χ0) is 25.1. The van der Waals surface area contributed by atoms with Gasteiger partial charge in [-0.25, -0.2) is 0 Å². The summed E-state index contributed by atoms with van der Waals surface area (Å²) in [4.78, 5) is 12.9. The maximum absolute atomic E-state index is 12.9. The third-order valence-corrected chi connectivity index (χ3v) is 14.0. The summed E-state index contributed by atoms with van der Waals surface area (Å²) in [6.45, 7) is 21.3. The van der Waals surface area contributed by atoms with Gasteiger partial charge in [0.1, 0.15) is 0 Å². The first kappa shape index (κ1) is 24.8. The highest BCUT2D eigenvalue weighted by Gasteiger charge is 2.73. The van der Waals surface area contributed by atoms with Crippen LogP contribution in [0.3, 0.4) is 0 Å². The fourth-order valence-electron chi connectivity index (χ4n) is 12.1. The van der Waals surface area contributed by atoms with Gasteiger partial charge in [0.25, 0.3) is 0 Å². The number of aliphatic carboxylic acids is 1. The molecule has 0 saturated heterocycles. The molecular weight excluding hydrogens is 420 g/mol. The second-order valence-electron chi connectivity index (χ2n) is 15.0. The molecule has 0 heterocycles. The topological polar surface area (TPSA) is 57.5 Å². The maximum Gasteiger partial charge on any atom is 0.309 e. The van der Waals surface area contributed by atoms with Crippen LogP contribution in [0.2, 0.25) is 0 Å². The van der Waals surface area contributed by atoms with E-state index in [0.29, 0.717) is 29.6 Å². The van der Waals surface area contributed by atoms with E-state index < -0.39 is 11.4 Å². The van der Waals surface area contributed by atoms with Gasteiger partial charge in [0.15, 0.2) is 0 Å². The Morgan fingerprint density at radius 1 is 0.912 bits per heavy atom. The Morgan fingerprint density at radius 3 is 2.21 bits per heavy atom. The van der Waals surface area contributed by atoms with Gasteiger partial charge in [0.2, 0.25) is 0 Å². The van der Waals surface area contributed by atoms with Crippen LogP contribution < -0.4 is 0 Å². The van der Waals surface area contributed by atoms with Crippen molar-refractivity contribution in [2.45, 2.75) is 112 Å². The Bertz CT molecular complexity index is 891. The van der Waals surface area contributed by atoms with E-state index in [9.17, 15) is 15.0 Å². The third kappa shape index (κ3) is 2.72. The molecule has 0 aliphatic heterocycles. The van der Waals surface area contributed by atoms with Crippen LogP contribution in [0.1, 0.15) is 106 Å². The minimum absolute atomic E-state index is 0.0285. The van der Waals surface area contributed by atoms with Gasteiger partial charge in [-0.2, -0.15) is 0 Å². The molecule has 0 aromatic rings. The standard InChI is InChI=1S/C31H50O3/c1-18(2)20-11-16-31(26(33)34)17-19(3)30(8)21(25(20)31)9-10-23-28(6)14-13-24(32)27(4,5)22(28)12-15-29(23,30)7/h19-25,32H,1,9-17H2,2-8H3,(H,33,34)/t19?,20-,21+,22-,23+,24-,25+,28-,29+,30+,31-/m0/s1. The van der Waals surface area contributed by atoms with E-state index >= 15 is 0 Å². The number of rotatable bonds is 2. The fourth-order valence-corrected chi connectivity index (χ4v) is 12.1. The van der Waals surface area contributed by atoms with E-state index in [0.717, 1.165) is 38.5 Å². The molecule has 11 atom stereocenters. The Kier molecular flexibility index (Phi) is 5.38. The number of carboxylic acids is 1. The molecule has 192 valence electrons. The first-order valence-corrected chi connectivity index (χ1v) is 14.2. The molecule has 5 aliphatic carbocycles. The highest BCUT2D eigenvalue weighted by molar-refractivity contribution is 5.76. The molecule has 3 heteroatoms. The van der Waals surface area contributed by atoms with Crippen LogP contribution >= 0.6 is 0 Å². The van der Waals surface area contributed by atoms with Crippen molar-refractivity contribution in [3.8, 4) is 0 Å². The Balaban J connectivity index is 1.60. The molecular formula is C31H50O3. The van der Waals surface area contributed by atoms with Crippen LogP contribution in [-0.4, -0.2) is 22.3 Å². The van der Waals surface area contributed by atoms with Crippen molar-refractivity contribution in [3.05, 3.63) is 12.2 Å². The zero-order valence-corrected chi connectivity index (χ0v) is 22.9. The molecule has 5 saturated carbocycles. The van der Waals surface area contributed by atoms with Gasteiger partial charge in [0, 0.05) is 0 Å². The number of carbonyl (C=O) groups is 1. The lowest BCUT2D eigenvalue weighted by Gasteiger charge is -2.74. The van der Waals surface area contributed by atoms with Gasteiger partial charge in [-0.15, -0.1) is 0 Å². The fraction of sp³-hybridized carbons (Fsp3) is 0.903. The van der Waals surface area contributed by atoms with Crippen molar-refractivity contribution in [2.75, 3.05) is 0 Å². The summed E-state index contributed by atoms with van der Waals surface area (Å²) < 4.78 is 0. The average Bonchev–Trinajstić information content (AvgIpc) is 3.13. The van der Waals surface area contributed by atoms with Gasteiger partial charge >= 0.3 is 5.97 Å². The average molecular weight is 471 g/mol. The van der Waals surface area contributed by atoms with Crippen LogP contribution in [0.15, 0.2) is 12.2 Å². The molecule has 0 amide bonds. The highest BCUT2D eigenvalue weighted by atomic mass is 16.4. The first-order chi connectivity index (χ1) is 15.7. The predicted molar refractivity (Wildman–Crippen MR) is 137 cm³/mol. The number of allylic oxidation sites excluding steroid dienone is 1. The Morgan fingerprint density at radius 2 is 1.59 bits per heavy atom. The molecule has 0 spiro atoms. The molecule has 1 unspecified atom stereocenters. The molecule has 0 bridgehead atoms. The number of hydrogen-bond acceptors (Lipinski definition) is 2. The lowest BCUT2D eigenvalue weighted by molar-refractivity contribution is -0.262. The van der Waals surface area contributed by atoms with Crippen molar-refractivity contribution in [3.63, 3.8) is 0 Å². The van der Waals surface area contributed by atoms with Gasteiger partial charge in [0.05, 0.1) is 11.5 Å². The van der Waals surface area contributed by atoms with E-state index in [2.05, 4.69) is 55.0 Å². The summed E-state index contributed by atoms with van der Waals surface area (Å²) in [7, 11) is 0. The largest absolute Gasteiger partial charge is 0.481 e. The van der Waals surface area contributed by atoms with Crippen LogP contribution in [0, 0.1) is 62.6 Å². The highest BCUT2D eigenvalue weighted by Crippen LogP contribution is 2.78. The minimum atomic E-state index is -0.561. The summed E-state index contributed by atoms with van der Waals surface area (Å²) in [5, 5.41) is 21.5. The van der Waals surface area contributed by atoms with Gasteiger partial charge in [-0.05, 0) is 122 Å². The molecule has 34 heavy (non-hydrogen) atoms. The number of aliphatic hydroxyl groups is 1. The third-order valence-electron chi connectivity index (χ3n) is 14.0. The zero-order valence-electron chi connectivity index (χ0n) is 22.9. The number of carboxylic acid groups (broad SMARTS) is 1. The van der Waals surface area contributed by atoms with Crippen LogP contribution in [0.25, 0.3) is 0 Å². The molecule has 5 aliphatic rings. The van der Waals surface area contributed by atoms with Crippen molar-refractivity contribution in [1.29, 1.82) is 0 Å². The van der Waals surface area contributed by atoms with Crippen molar-refractivity contribution < 1.29 is 15.0 Å². The number of hydrogen-bond donors (Lipinski definition) is 2. The van der Waals surface area contributed by atoms with Crippen molar-refractivity contribution in [1.82, 2.24) is 0 Å². The van der Waals surface area contributed by atoms with Crippen molar-refractivity contribution in [2.24, 2.45) is 62.6 Å². The maximum atomic E-state index is 12.9. The van der Waals surface area contributed by atoms with E-state index in [1.54, 1.807) is 0 Å². The normalized spacial score (nSPS) is 55.9. The van der Waals surface area contributed by atoms with Gasteiger partial charge < -0.3 is 10.2 Å². The molecule has 2 N–H and O–H groups in total. The quantitative estimate of drug-likeness (QED) is 0.415. The smallest absolute Gasteiger partial charge is 0.309 e. The number of aliphatic hydroxyl groups excluding tert-OH is 1. The minimum Gasteiger partial charge on any atom is -0.481 e. The SMILES string of the molecule is C=C(C)[C@@H]1CC[C@]2(C(=O)O)CC(C)[C@]3(C)[C@H](CC[C@@H]4[C@@]5(C)CC[C@H](O)C(C)(C)[C@@H]5CC[C@]43C)[C@@H]12. The first-order valence-electron chi connectivity index (χ1n) is 14.2. The van der Waals surface area contributed by atoms with E-state index in [1.165, 1.54) is 24.8 Å². The van der Waals surface area contributed by atoms with Gasteiger partial charge in [-0.1, -0.05) is 53.7 Å². The Labute approximate surface area is 208 Å². The lowest BCUT2D eigenvalue weighted by Crippen LogP contribution is -2.68. The lowest BCUT2D eigenvalue weighted by atomic mass is 9.30.